The van der Waals surface area contributed by atoms with Gasteiger partial charge >= 0.3 is 0 Å². The van der Waals surface area contributed by atoms with Crippen molar-refractivity contribution in [1.82, 2.24) is 0 Å². The van der Waals surface area contributed by atoms with Crippen LogP contribution in [0.4, 0.5) is 14.5 Å². The lowest BCUT2D eigenvalue weighted by Gasteiger charge is -2.13. The predicted molar refractivity (Wildman–Crippen MR) is 76.2 cm³/mol. The molecule has 0 radical (unpaired) electrons. The number of anilines is 1. The summed E-state index contributed by atoms with van der Waals surface area (Å²) >= 11 is 0. The lowest BCUT2D eigenvalue weighted by atomic mass is 10.1. The molecule has 0 heterocycles. The van der Waals surface area contributed by atoms with Crippen molar-refractivity contribution >= 4 is 15.7 Å². The molecule has 0 unspecified atom stereocenters. The molecule has 0 saturated heterocycles. The topological polar surface area (TPSA) is 72.2 Å². The fraction of sp³-hybridized carbons (Fsp3) is 0.143. The molecule has 0 atom stereocenters. The van der Waals surface area contributed by atoms with Gasteiger partial charge in [0.25, 0.3) is 10.0 Å². The van der Waals surface area contributed by atoms with Gasteiger partial charge in [-0.25, -0.2) is 17.2 Å². The number of benzene rings is 2. The van der Waals surface area contributed by atoms with Gasteiger partial charge in [-0.05, 0) is 36.8 Å². The molecule has 0 spiro atoms. The number of sulfonamides is 1. The number of nitrogens with two attached hydrogens (primary N) is 1. The van der Waals surface area contributed by atoms with Gasteiger partial charge < -0.3 is 5.73 Å². The zero-order chi connectivity index (χ0) is 15.6. The summed E-state index contributed by atoms with van der Waals surface area (Å²) in [6, 6.07) is 7.80. The minimum atomic E-state index is -4.11. The number of nitrogens with one attached hydrogen (secondary N) is 1. The minimum absolute atomic E-state index is 0.000577. The largest absolute Gasteiger partial charge is 0.326 e. The fourth-order valence-corrected chi connectivity index (χ4v) is 3.22. The van der Waals surface area contributed by atoms with Crippen LogP contribution in [-0.4, -0.2) is 8.42 Å². The van der Waals surface area contributed by atoms with E-state index in [0.717, 1.165) is 6.07 Å². The van der Waals surface area contributed by atoms with E-state index in [9.17, 15) is 17.2 Å². The van der Waals surface area contributed by atoms with E-state index in [0.29, 0.717) is 5.56 Å². The Labute approximate surface area is 121 Å². The highest BCUT2D eigenvalue weighted by Crippen LogP contribution is 2.24. The zero-order valence-electron chi connectivity index (χ0n) is 11.2. The SMILES string of the molecule is Cc1c(F)cc(CN)cc1S(=O)(=O)Nc1ccccc1F. The van der Waals surface area contributed by atoms with Crippen molar-refractivity contribution in [3.63, 3.8) is 0 Å². The van der Waals surface area contributed by atoms with E-state index in [4.69, 9.17) is 5.73 Å². The molecule has 0 fully saturated rings. The standard InChI is InChI=1S/C14H14F2N2O2S/c1-9-12(16)6-10(8-17)7-14(9)21(19,20)18-13-5-3-2-4-11(13)15/h2-7,18H,8,17H2,1H3. The van der Waals surface area contributed by atoms with Crippen LogP contribution in [-0.2, 0) is 16.6 Å². The van der Waals surface area contributed by atoms with Gasteiger partial charge in [-0.15, -0.1) is 0 Å². The maximum Gasteiger partial charge on any atom is 0.262 e. The van der Waals surface area contributed by atoms with Crippen LogP contribution in [0.5, 0.6) is 0 Å². The first kappa shape index (κ1) is 15.4. The number of halogens is 2. The quantitative estimate of drug-likeness (QED) is 0.911. The van der Waals surface area contributed by atoms with Gasteiger partial charge in [-0.1, -0.05) is 12.1 Å². The zero-order valence-corrected chi connectivity index (χ0v) is 12.0. The Morgan fingerprint density at radius 2 is 1.81 bits per heavy atom. The minimum Gasteiger partial charge on any atom is -0.326 e. The van der Waals surface area contributed by atoms with Crippen molar-refractivity contribution in [2.24, 2.45) is 5.73 Å². The molecule has 7 heteroatoms. The van der Waals surface area contributed by atoms with Gasteiger partial charge in [0.1, 0.15) is 11.6 Å². The Morgan fingerprint density at radius 1 is 1.14 bits per heavy atom. The van der Waals surface area contributed by atoms with E-state index in [1.165, 1.54) is 37.3 Å². The van der Waals surface area contributed by atoms with E-state index >= 15 is 0 Å². The highest BCUT2D eigenvalue weighted by Gasteiger charge is 2.21. The van der Waals surface area contributed by atoms with Crippen molar-refractivity contribution in [3.05, 3.63) is 59.2 Å². The van der Waals surface area contributed by atoms with Gasteiger partial charge in [0.2, 0.25) is 0 Å². The first-order valence-electron chi connectivity index (χ1n) is 6.11. The van der Waals surface area contributed by atoms with Crippen molar-refractivity contribution in [2.45, 2.75) is 18.4 Å². The Kier molecular flexibility index (Phi) is 4.24. The van der Waals surface area contributed by atoms with Gasteiger partial charge in [-0.3, -0.25) is 4.72 Å². The van der Waals surface area contributed by atoms with Crippen LogP contribution in [0.25, 0.3) is 0 Å². The summed E-state index contributed by atoms with van der Waals surface area (Å²) in [6.07, 6.45) is 0. The molecule has 2 rings (SSSR count). The summed E-state index contributed by atoms with van der Waals surface area (Å²) in [6.45, 7) is 1.34. The first-order chi connectivity index (χ1) is 9.85. The van der Waals surface area contributed by atoms with E-state index in [1.54, 1.807) is 0 Å². The molecule has 2 aromatic carbocycles. The Balaban J connectivity index is 2.50. The third-order valence-corrected chi connectivity index (χ3v) is 4.49. The van der Waals surface area contributed by atoms with Crippen LogP contribution >= 0.6 is 0 Å². The summed E-state index contributed by atoms with van der Waals surface area (Å²) in [4.78, 5) is -0.258. The Hall–Kier alpha value is -1.99. The molecule has 21 heavy (non-hydrogen) atoms. The molecule has 0 bridgehead atoms. The molecule has 0 aliphatic rings. The van der Waals surface area contributed by atoms with Crippen molar-refractivity contribution < 1.29 is 17.2 Å². The van der Waals surface area contributed by atoms with Gasteiger partial charge in [-0.2, -0.15) is 0 Å². The number of hydrogen-bond donors (Lipinski definition) is 2. The summed E-state index contributed by atoms with van der Waals surface area (Å²) in [5.41, 5.74) is 5.51. The summed E-state index contributed by atoms with van der Waals surface area (Å²) in [5.74, 6) is -1.39. The van der Waals surface area contributed by atoms with Crippen LogP contribution in [0.2, 0.25) is 0 Å². The second-order valence-electron chi connectivity index (χ2n) is 4.49. The van der Waals surface area contributed by atoms with Crippen LogP contribution in [0, 0.1) is 18.6 Å². The van der Waals surface area contributed by atoms with Gasteiger partial charge in [0.15, 0.2) is 0 Å². The van der Waals surface area contributed by atoms with E-state index in [2.05, 4.69) is 4.72 Å². The average molecular weight is 312 g/mol. The normalized spacial score (nSPS) is 11.4. The maximum absolute atomic E-state index is 13.8. The second kappa shape index (κ2) is 5.79. The number of hydrogen-bond acceptors (Lipinski definition) is 3. The van der Waals surface area contributed by atoms with Crippen LogP contribution in [0.15, 0.2) is 41.3 Å². The molecule has 4 nitrogen and oxygen atoms in total. The first-order valence-corrected chi connectivity index (χ1v) is 7.60. The molecule has 0 aliphatic carbocycles. The van der Waals surface area contributed by atoms with Crippen molar-refractivity contribution in [1.29, 1.82) is 0 Å². The molecule has 0 aliphatic heterocycles. The monoisotopic (exact) mass is 312 g/mol. The van der Waals surface area contributed by atoms with Crippen LogP contribution in [0.1, 0.15) is 11.1 Å². The van der Waals surface area contributed by atoms with Crippen LogP contribution < -0.4 is 10.5 Å². The second-order valence-corrected chi connectivity index (χ2v) is 6.14. The fourth-order valence-electron chi connectivity index (χ4n) is 1.85. The van der Waals surface area contributed by atoms with Crippen LogP contribution in [0.3, 0.4) is 0 Å². The summed E-state index contributed by atoms with van der Waals surface area (Å²) in [7, 11) is -4.11. The smallest absolute Gasteiger partial charge is 0.262 e. The summed E-state index contributed by atoms with van der Waals surface area (Å²) < 4.78 is 54.0. The maximum atomic E-state index is 13.8. The third kappa shape index (κ3) is 3.20. The van der Waals surface area contributed by atoms with Crippen molar-refractivity contribution in [2.75, 3.05) is 4.72 Å². The molecular weight excluding hydrogens is 298 g/mol. The average Bonchev–Trinajstić information content (AvgIpc) is 2.43. The van der Waals surface area contributed by atoms with Crippen molar-refractivity contribution in [3.8, 4) is 0 Å². The predicted octanol–water partition coefficient (Wildman–Crippen LogP) is 2.53. The summed E-state index contributed by atoms with van der Waals surface area (Å²) in [5, 5.41) is 0. The highest BCUT2D eigenvalue weighted by molar-refractivity contribution is 7.92. The Morgan fingerprint density at radius 3 is 2.43 bits per heavy atom. The number of para-hydroxylation sites is 1. The van der Waals surface area contributed by atoms with E-state index < -0.39 is 21.7 Å². The lowest BCUT2D eigenvalue weighted by molar-refractivity contribution is 0.588. The number of rotatable bonds is 4. The third-order valence-electron chi connectivity index (χ3n) is 3.00. The van der Waals surface area contributed by atoms with Gasteiger partial charge in [0.05, 0.1) is 10.6 Å². The lowest BCUT2D eigenvalue weighted by Crippen LogP contribution is -2.16. The highest BCUT2D eigenvalue weighted by atomic mass is 32.2. The Bertz CT molecular complexity index is 777. The molecule has 3 N–H and O–H groups in total. The van der Waals surface area contributed by atoms with E-state index in [1.807, 2.05) is 0 Å². The molecule has 0 saturated carbocycles. The molecule has 0 aromatic heterocycles. The van der Waals surface area contributed by atoms with E-state index in [-0.39, 0.29) is 22.7 Å². The van der Waals surface area contributed by atoms with Gasteiger partial charge in [0, 0.05) is 12.1 Å². The molecular formula is C14H14F2N2O2S. The molecule has 0 amide bonds. The molecule has 112 valence electrons. The molecule has 2 aromatic rings.